The lowest BCUT2D eigenvalue weighted by Crippen LogP contribution is -2.20. The van der Waals surface area contributed by atoms with Gasteiger partial charge in [0.1, 0.15) is 0 Å². The Morgan fingerprint density at radius 1 is 1.73 bits per heavy atom. The fraction of sp³-hybridized carbons (Fsp3) is 0.500. The van der Waals surface area contributed by atoms with E-state index >= 15 is 0 Å². The standard InChI is InChI=1S/C10H17N3O2/c1-8(5-7-15-2)13-6-3-4-9(13)10(11)12-14/h3-4,6,8,14H,5,7H2,1-2H3,(H2,11,12). The van der Waals surface area contributed by atoms with Crippen LogP contribution in [0.4, 0.5) is 0 Å². The molecule has 0 amide bonds. The van der Waals surface area contributed by atoms with E-state index in [0.29, 0.717) is 6.61 Å². The first kappa shape index (κ1) is 11.6. The molecule has 0 aliphatic rings. The zero-order valence-electron chi connectivity index (χ0n) is 9.05. The number of ether oxygens (including phenoxy) is 1. The van der Waals surface area contributed by atoms with Crippen LogP contribution in [-0.2, 0) is 4.74 Å². The van der Waals surface area contributed by atoms with E-state index in [0.717, 1.165) is 12.1 Å². The van der Waals surface area contributed by atoms with Crippen molar-refractivity contribution in [1.29, 1.82) is 0 Å². The molecule has 0 fully saturated rings. The lowest BCUT2D eigenvalue weighted by molar-refractivity contribution is 0.181. The Morgan fingerprint density at radius 2 is 2.47 bits per heavy atom. The number of amidine groups is 1. The van der Waals surface area contributed by atoms with Crippen molar-refractivity contribution >= 4 is 5.84 Å². The molecule has 0 bridgehead atoms. The summed E-state index contributed by atoms with van der Waals surface area (Å²) in [6, 6.07) is 3.95. The van der Waals surface area contributed by atoms with Gasteiger partial charge in [-0.2, -0.15) is 0 Å². The molecule has 1 unspecified atom stereocenters. The van der Waals surface area contributed by atoms with Gasteiger partial charge in [0.2, 0.25) is 0 Å². The molecule has 1 rings (SSSR count). The second kappa shape index (κ2) is 5.41. The van der Waals surface area contributed by atoms with Crippen molar-refractivity contribution < 1.29 is 9.94 Å². The lowest BCUT2D eigenvalue weighted by atomic mass is 10.2. The molecule has 1 atom stereocenters. The first-order chi connectivity index (χ1) is 7.20. The number of nitrogens with two attached hydrogens (primary N) is 1. The van der Waals surface area contributed by atoms with Gasteiger partial charge < -0.3 is 20.2 Å². The molecule has 0 aliphatic heterocycles. The third-order valence-corrected chi connectivity index (χ3v) is 2.36. The highest BCUT2D eigenvalue weighted by atomic mass is 16.5. The summed E-state index contributed by atoms with van der Waals surface area (Å²) in [5, 5.41) is 11.6. The van der Waals surface area contributed by atoms with E-state index in [1.165, 1.54) is 0 Å². The Labute approximate surface area is 89.1 Å². The van der Waals surface area contributed by atoms with Gasteiger partial charge in [0.05, 0.1) is 5.69 Å². The van der Waals surface area contributed by atoms with E-state index in [1.54, 1.807) is 7.11 Å². The molecule has 0 saturated heterocycles. The van der Waals surface area contributed by atoms with Gasteiger partial charge in [0, 0.05) is 26.0 Å². The number of hydrogen-bond donors (Lipinski definition) is 2. The molecule has 3 N–H and O–H groups in total. The monoisotopic (exact) mass is 211 g/mol. The summed E-state index contributed by atoms with van der Waals surface area (Å²) in [5.41, 5.74) is 6.28. The normalized spacial score (nSPS) is 14.1. The summed E-state index contributed by atoms with van der Waals surface area (Å²) >= 11 is 0. The quantitative estimate of drug-likeness (QED) is 0.332. The maximum absolute atomic E-state index is 8.61. The van der Waals surface area contributed by atoms with Crippen molar-refractivity contribution in [2.24, 2.45) is 10.9 Å². The Balaban J connectivity index is 2.80. The third-order valence-electron chi connectivity index (χ3n) is 2.36. The summed E-state index contributed by atoms with van der Waals surface area (Å²) in [4.78, 5) is 0. The molecule has 1 aromatic heterocycles. The summed E-state index contributed by atoms with van der Waals surface area (Å²) in [6.07, 6.45) is 2.80. The molecule has 15 heavy (non-hydrogen) atoms. The van der Waals surface area contributed by atoms with Crippen LogP contribution in [0.3, 0.4) is 0 Å². The minimum atomic E-state index is 0.129. The first-order valence-electron chi connectivity index (χ1n) is 4.84. The summed E-state index contributed by atoms with van der Waals surface area (Å²) < 4.78 is 6.98. The average molecular weight is 211 g/mol. The smallest absolute Gasteiger partial charge is 0.186 e. The molecular weight excluding hydrogens is 194 g/mol. The number of aromatic nitrogens is 1. The molecule has 5 heteroatoms. The van der Waals surface area contributed by atoms with Crippen molar-refractivity contribution in [2.75, 3.05) is 13.7 Å². The SMILES string of the molecule is COCCC(C)n1cccc1/C(N)=N/O. The minimum Gasteiger partial charge on any atom is -0.409 e. The van der Waals surface area contributed by atoms with Crippen molar-refractivity contribution in [1.82, 2.24) is 4.57 Å². The van der Waals surface area contributed by atoms with Crippen LogP contribution < -0.4 is 5.73 Å². The number of methoxy groups -OCH3 is 1. The fourth-order valence-electron chi connectivity index (χ4n) is 1.47. The van der Waals surface area contributed by atoms with E-state index in [2.05, 4.69) is 12.1 Å². The molecule has 5 nitrogen and oxygen atoms in total. The van der Waals surface area contributed by atoms with Crippen LogP contribution in [0.2, 0.25) is 0 Å². The Kier molecular flexibility index (Phi) is 4.17. The molecule has 1 heterocycles. The van der Waals surface area contributed by atoms with Crippen LogP contribution >= 0.6 is 0 Å². The van der Waals surface area contributed by atoms with E-state index in [1.807, 2.05) is 22.9 Å². The topological polar surface area (TPSA) is 72.8 Å². The maximum Gasteiger partial charge on any atom is 0.186 e. The van der Waals surface area contributed by atoms with Crippen LogP contribution in [0.1, 0.15) is 25.1 Å². The first-order valence-corrected chi connectivity index (χ1v) is 4.84. The van der Waals surface area contributed by atoms with Gasteiger partial charge in [-0.3, -0.25) is 0 Å². The molecule has 0 saturated carbocycles. The van der Waals surface area contributed by atoms with Crippen LogP contribution in [0.25, 0.3) is 0 Å². The second-order valence-corrected chi connectivity index (χ2v) is 3.42. The van der Waals surface area contributed by atoms with Gasteiger partial charge in [-0.15, -0.1) is 0 Å². The van der Waals surface area contributed by atoms with Crippen molar-refractivity contribution in [3.8, 4) is 0 Å². The highest BCUT2D eigenvalue weighted by Crippen LogP contribution is 2.14. The number of oxime groups is 1. The van der Waals surface area contributed by atoms with Gasteiger partial charge in [-0.05, 0) is 25.5 Å². The predicted octanol–water partition coefficient (Wildman–Crippen LogP) is 1.18. The largest absolute Gasteiger partial charge is 0.409 e. The molecule has 84 valence electrons. The fourth-order valence-corrected chi connectivity index (χ4v) is 1.47. The van der Waals surface area contributed by atoms with Crippen LogP contribution in [0.5, 0.6) is 0 Å². The third kappa shape index (κ3) is 2.73. The Hall–Kier alpha value is -1.49. The Bertz CT molecular complexity index is 333. The average Bonchev–Trinajstić information content (AvgIpc) is 2.73. The molecule has 1 aromatic rings. The summed E-state index contributed by atoms with van der Waals surface area (Å²) in [6.45, 7) is 2.75. The van der Waals surface area contributed by atoms with E-state index in [4.69, 9.17) is 15.7 Å². The van der Waals surface area contributed by atoms with E-state index in [9.17, 15) is 0 Å². The van der Waals surface area contributed by atoms with Crippen molar-refractivity contribution in [2.45, 2.75) is 19.4 Å². The summed E-state index contributed by atoms with van der Waals surface area (Å²) in [7, 11) is 1.67. The zero-order valence-corrected chi connectivity index (χ0v) is 9.05. The van der Waals surface area contributed by atoms with Crippen molar-refractivity contribution in [3.05, 3.63) is 24.0 Å². The van der Waals surface area contributed by atoms with E-state index in [-0.39, 0.29) is 11.9 Å². The van der Waals surface area contributed by atoms with Gasteiger partial charge >= 0.3 is 0 Å². The maximum atomic E-state index is 8.61. The molecule has 0 radical (unpaired) electrons. The molecule has 0 spiro atoms. The van der Waals surface area contributed by atoms with Gasteiger partial charge in [-0.25, -0.2) is 0 Å². The van der Waals surface area contributed by atoms with E-state index < -0.39 is 0 Å². The highest BCUT2D eigenvalue weighted by Gasteiger charge is 2.11. The predicted molar refractivity (Wildman–Crippen MR) is 58.1 cm³/mol. The van der Waals surface area contributed by atoms with Crippen LogP contribution in [0.15, 0.2) is 23.5 Å². The van der Waals surface area contributed by atoms with Crippen LogP contribution in [-0.4, -0.2) is 29.3 Å². The lowest BCUT2D eigenvalue weighted by Gasteiger charge is -2.16. The number of nitrogens with zero attached hydrogens (tertiary/aromatic N) is 2. The number of hydrogen-bond acceptors (Lipinski definition) is 3. The molecule has 0 aromatic carbocycles. The van der Waals surface area contributed by atoms with Crippen molar-refractivity contribution in [3.63, 3.8) is 0 Å². The van der Waals surface area contributed by atoms with Crippen LogP contribution in [0, 0.1) is 0 Å². The highest BCUT2D eigenvalue weighted by molar-refractivity contribution is 5.95. The van der Waals surface area contributed by atoms with Gasteiger partial charge in [0.15, 0.2) is 5.84 Å². The minimum absolute atomic E-state index is 0.129. The van der Waals surface area contributed by atoms with Gasteiger partial charge in [-0.1, -0.05) is 5.16 Å². The Morgan fingerprint density at radius 3 is 3.07 bits per heavy atom. The van der Waals surface area contributed by atoms with Gasteiger partial charge in [0.25, 0.3) is 0 Å². The summed E-state index contributed by atoms with van der Waals surface area (Å²) in [5.74, 6) is 0.129. The molecular formula is C10H17N3O2. The second-order valence-electron chi connectivity index (χ2n) is 3.42. The zero-order chi connectivity index (χ0) is 11.3. The number of rotatable bonds is 5. The molecule has 0 aliphatic carbocycles.